The van der Waals surface area contributed by atoms with Crippen molar-refractivity contribution in [2.75, 3.05) is 7.11 Å². The molecule has 2 heterocycles. The Kier molecular flexibility index (Phi) is 7.36. The maximum absolute atomic E-state index is 5.85. The fourth-order valence-corrected chi connectivity index (χ4v) is 4.77. The van der Waals surface area contributed by atoms with Gasteiger partial charge in [-0.2, -0.15) is 0 Å². The van der Waals surface area contributed by atoms with Crippen LogP contribution in [-0.4, -0.2) is 17.1 Å². The molecule has 28 heavy (non-hydrogen) atoms. The summed E-state index contributed by atoms with van der Waals surface area (Å²) in [6, 6.07) is 16.0. The molecule has 0 saturated carbocycles. The Morgan fingerprint density at radius 3 is 2.29 bits per heavy atom. The van der Waals surface area contributed by atoms with Gasteiger partial charge in [-0.3, -0.25) is 9.97 Å². The van der Waals surface area contributed by atoms with Crippen molar-refractivity contribution in [1.29, 1.82) is 0 Å². The first-order valence-electron chi connectivity index (χ1n) is 8.79. The molecule has 0 aliphatic rings. The first kappa shape index (κ1) is 22.0. The van der Waals surface area contributed by atoms with Crippen LogP contribution in [0.25, 0.3) is 21.8 Å². The summed E-state index contributed by atoms with van der Waals surface area (Å²) in [6.45, 7) is 4.29. The summed E-state index contributed by atoms with van der Waals surface area (Å²) < 4.78 is 5.74. The second-order valence-electron chi connectivity index (χ2n) is 6.60. The van der Waals surface area contributed by atoms with Gasteiger partial charge in [0.05, 0.1) is 28.7 Å². The molecule has 0 aliphatic heterocycles. The SMILES string of the molecule is COc1c(Sc2c(C(C)C)nc3ccccc3c2[S-])cnc2ccccc12.[K+]. The Labute approximate surface area is 217 Å². The van der Waals surface area contributed by atoms with Gasteiger partial charge in [0.1, 0.15) is 5.75 Å². The minimum atomic E-state index is 0. The smallest absolute Gasteiger partial charge is 0.778 e. The summed E-state index contributed by atoms with van der Waals surface area (Å²) in [5, 5.41) is 2.00. The average Bonchev–Trinajstić information content (AvgIpc) is 2.69. The maximum atomic E-state index is 5.85. The first-order chi connectivity index (χ1) is 13.1. The molecule has 6 heteroatoms. The van der Waals surface area contributed by atoms with E-state index in [2.05, 4.69) is 18.8 Å². The van der Waals surface area contributed by atoms with Crippen LogP contribution in [0.3, 0.4) is 0 Å². The number of methoxy groups -OCH3 is 1. The predicted octanol–water partition coefficient (Wildman–Crippen LogP) is 2.98. The molecular formula is C22H19KN2OS2. The number of ether oxygens (including phenoxy) is 1. The quantitative estimate of drug-likeness (QED) is 0.367. The maximum Gasteiger partial charge on any atom is 1.00 e. The average molecular weight is 431 g/mol. The molecule has 2 aromatic carbocycles. The van der Waals surface area contributed by atoms with E-state index in [4.69, 9.17) is 22.3 Å². The Bertz CT molecular complexity index is 1150. The van der Waals surface area contributed by atoms with Crippen LogP contribution in [0, 0.1) is 0 Å². The molecule has 0 fully saturated rings. The van der Waals surface area contributed by atoms with Gasteiger partial charge < -0.3 is 17.4 Å². The molecule has 0 saturated heterocycles. The van der Waals surface area contributed by atoms with Crippen molar-refractivity contribution >= 4 is 46.2 Å². The number of para-hydroxylation sites is 2. The largest absolute Gasteiger partial charge is 1.00 e. The summed E-state index contributed by atoms with van der Waals surface area (Å²) in [5.41, 5.74) is 2.87. The molecular weight excluding hydrogens is 411 g/mol. The topological polar surface area (TPSA) is 35.0 Å². The zero-order chi connectivity index (χ0) is 19.0. The fraction of sp³-hybridized carbons (Fsp3) is 0.182. The monoisotopic (exact) mass is 430 g/mol. The molecule has 3 nitrogen and oxygen atoms in total. The van der Waals surface area contributed by atoms with Gasteiger partial charge in [-0.05, 0) is 29.5 Å². The van der Waals surface area contributed by atoms with Crippen molar-refractivity contribution in [1.82, 2.24) is 9.97 Å². The molecule has 4 aromatic rings. The minimum absolute atomic E-state index is 0. The van der Waals surface area contributed by atoms with Crippen LogP contribution < -0.4 is 56.1 Å². The van der Waals surface area contributed by atoms with E-state index >= 15 is 0 Å². The predicted molar refractivity (Wildman–Crippen MR) is 114 cm³/mol. The number of hydrogen-bond donors (Lipinski definition) is 0. The van der Waals surface area contributed by atoms with E-state index in [1.54, 1.807) is 18.9 Å². The molecule has 0 atom stereocenters. The number of hydrogen-bond acceptors (Lipinski definition) is 5. The summed E-state index contributed by atoms with van der Waals surface area (Å²) >= 11 is 7.45. The molecule has 0 radical (unpaired) electrons. The van der Waals surface area contributed by atoms with Crippen LogP contribution in [0.1, 0.15) is 25.5 Å². The molecule has 136 valence electrons. The minimum Gasteiger partial charge on any atom is -0.778 e. The fourth-order valence-electron chi connectivity index (χ4n) is 3.16. The molecule has 0 amide bonds. The van der Waals surface area contributed by atoms with Gasteiger partial charge in [-0.1, -0.05) is 55.9 Å². The van der Waals surface area contributed by atoms with Crippen molar-refractivity contribution in [2.24, 2.45) is 0 Å². The van der Waals surface area contributed by atoms with Crippen LogP contribution in [-0.2, 0) is 12.6 Å². The van der Waals surface area contributed by atoms with E-state index in [9.17, 15) is 0 Å². The van der Waals surface area contributed by atoms with Gasteiger partial charge in [0.15, 0.2) is 0 Å². The Hall–Kier alpha value is -0.734. The van der Waals surface area contributed by atoms with Gasteiger partial charge in [0, 0.05) is 16.5 Å². The number of nitrogens with zero attached hydrogens (tertiary/aromatic N) is 2. The van der Waals surface area contributed by atoms with Crippen LogP contribution >= 0.6 is 11.8 Å². The zero-order valence-corrected chi connectivity index (χ0v) is 21.1. The molecule has 2 aromatic heterocycles. The second kappa shape index (κ2) is 9.39. The van der Waals surface area contributed by atoms with Crippen LogP contribution in [0.15, 0.2) is 69.4 Å². The van der Waals surface area contributed by atoms with Crippen molar-refractivity contribution in [2.45, 2.75) is 34.5 Å². The molecule has 4 rings (SSSR count). The number of benzene rings is 2. The Morgan fingerprint density at radius 1 is 0.964 bits per heavy atom. The van der Waals surface area contributed by atoms with Gasteiger partial charge >= 0.3 is 51.4 Å². The van der Waals surface area contributed by atoms with E-state index in [1.165, 1.54) is 0 Å². The van der Waals surface area contributed by atoms with Crippen molar-refractivity contribution < 1.29 is 56.1 Å². The standard InChI is InChI=1S/C22H20N2OS2.K/c1-13(2)19-22(21(26)15-9-5-7-11-17(15)24-19)27-18-12-23-16-10-6-4-8-14(16)20(18)25-3;/h4-13H,1-3H3,(H,24,26);/q;+1/p-1. The van der Waals surface area contributed by atoms with Crippen LogP contribution in [0.5, 0.6) is 5.75 Å². The summed E-state index contributed by atoms with van der Waals surface area (Å²) in [5.74, 6) is 1.08. The molecule has 0 aliphatic carbocycles. The van der Waals surface area contributed by atoms with Gasteiger partial charge in [0.2, 0.25) is 0 Å². The van der Waals surface area contributed by atoms with Crippen LogP contribution in [0.4, 0.5) is 0 Å². The normalized spacial score (nSPS) is 11.0. The van der Waals surface area contributed by atoms with Gasteiger partial charge in [-0.25, -0.2) is 0 Å². The third-order valence-electron chi connectivity index (χ3n) is 4.48. The van der Waals surface area contributed by atoms with E-state index in [0.29, 0.717) is 0 Å². The third-order valence-corrected chi connectivity index (χ3v) is 6.17. The van der Waals surface area contributed by atoms with E-state index < -0.39 is 0 Å². The Balaban J connectivity index is 0.00000225. The van der Waals surface area contributed by atoms with Crippen molar-refractivity contribution in [3.8, 4) is 5.75 Å². The second-order valence-corrected chi connectivity index (χ2v) is 8.06. The Morgan fingerprint density at radius 2 is 1.61 bits per heavy atom. The van der Waals surface area contributed by atoms with Crippen molar-refractivity contribution in [3.05, 3.63) is 60.4 Å². The molecule has 0 N–H and O–H groups in total. The summed E-state index contributed by atoms with van der Waals surface area (Å²) in [4.78, 5) is 12.3. The van der Waals surface area contributed by atoms with E-state index in [1.807, 2.05) is 54.7 Å². The zero-order valence-electron chi connectivity index (χ0n) is 16.4. The van der Waals surface area contributed by atoms with Gasteiger partial charge in [-0.15, -0.1) is 4.90 Å². The van der Waals surface area contributed by atoms with E-state index in [0.717, 1.165) is 47.9 Å². The number of pyridine rings is 2. The number of fused-ring (bicyclic) bond motifs is 2. The third kappa shape index (κ3) is 4.10. The van der Waals surface area contributed by atoms with Crippen LogP contribution in [0.2, 0.25) is 0 Å². The summed E-state index contributed by atoms with van der Waals surface area (Å²) in [7, 11) is 1.70. The van der Waals surface area contributed by atoms with Gasteiger partial charge in [0.25, 0.3) is 0 Å². The molecule has 0 unspecified atom stereocenters. The first-order valence-corrected chi connectivity index (χ1v) is 10.0. The summed E-state index contributed by atoms with van der Waals surface area (Å²) in [6.07, 6.45) is 1.86. The number of rotatable bonds is 4. The van der Waals surface area contributed by atoms with Crippen molar-refractivity contribution in [3.63, 3.8) is 0 Å². The number of aromatic nitrogens is 2. The van der Waals surface area contributed by atoms with E-state index in [-0.39, 0.29) is 57.3 Å². The molecule has 0 bridgehead atoms. The molecule has 0 spiro atoms.